The van der Waals surface area contributed by atoms with Gasteiger partial charge in [-0.25, -0.2) is 15.6 Å². The Bertz CT molecular complexity index is 1650. The number of aliphatic hydroxyl groups is 1. The molecule has 1 aromatic heterocycles. The molecule has 1 aromatic rings. The van der Waals surface area contributed by atoms with Crippen molar-refractivity contribution >= 4 is 53.2 Å². The lowest BCUT2D eigenvalue weighted by atomic mass is 9.97. The summed E-state index contributed by atoms with van der Waals surface area (Å²) < 4.78 is 0. The summed E-state index contributed by atoms with van der Waals surface area (Å²) in [5.41, 5.74) is 13.8. The first-order valence-electron chi connectivity index (χ1n) is 21.1. The number of carbonyl (C=O) groups is 7. The number of rotatable bonds is 25. The second-order valence-corrected chi connectivity index (χ2v) is 15.4. The summed E-state index contributed by atoms with van der Waals surface area (Å²) in [6.07, 6.45) is 5.66. The number of anilines is 1. The minimum Gasteiger partial charge on any atom is -0.480 e. The summed E-state index contributed by atoms with van der Waals surface area (Å²) in [4.78, 5) is 99.6. The smallest absolute Gasteiger partial charge is 0.326 e. The number of pyridine rings is 1. The number of hydrazine groups is 1. The van der Waals surface area contributed by atoms with Gasteiger partial charge in [0.05, 0.1) is 11.7 Å². The van der Waals surface area contributed by atoms with E-state index in [1.807, 2.05) is 0 Å². The number of aliphatic carboxylic acids is 1. The molecule has 61 heavy (non-hydrogen) atoms. The summed E-state index contributed by atoms with van der Waals surface area (Å²) in [6.45, 7) is 2.75. The van der Waals surface area contributed by atoms with Crippen molar-refractivity contribution < 1.29 is 43.8 Å². The van der Waals surface area contributed by atoms with Gasteiger partial charge in [-0.15, -0.1) is 0 Å². The van der Waals surface area contributed by atoms with Crippen LogP contribution in [0.3, 0.4) is 0 Å². The van der Waals surface area contributed by atoms with E-state index in [2.05, 4.69) is 37.0 Å². The van der Waals surface area contributed by atoms with Crippen molar-refractivity contribution in [2.75, 3.05) is 38.1 Å². The topological polar surface area (TPSA) is 353 Å². The number of piperidine rings is 1. The Morgan fingerprint density at radius 1 is 0.852 bits per heavy atom. The van der Waals surface area contributed by atoms with E-state index in [4.69, 9.17) is 22.7 Å². The molecule has 2 fully saturated rings. The molecular formula is C39H65N13O9. The molecular weight excluding hydrogens is 795 g/mol. The summed E-state index contributed by atoms with van der Waals surface area (Å²) in [5.74, 6) is 1.08. The standard InChI is InChI=1S/C39H65N13O9/c1-24(53)32(49-31(54)15-3-2-7-19-44-33(55)25-16-17-30(50-43)46-23-25)35(57)47-26(11-4-6-18-40)36(58)52-21-8-5-13-29(52)37(59)51-22-10-14-28(51)34(56)48-27(38(60)61)12-9-20-45-39(41)42/h16-17,23-24,26-29,32,53H,2-15,18-22,40,43H2,1H3,(H,44,55)(H,46,50)(H,47,57)(H,48,56)(H,49,54)(H,60,61)(H4,41,42,45)/t24-,26+,27+,28+,29+,32+/m1/s1. The number of nitrogens with one attached hydrogen (secondary N) is 7. The summed E-state index contributed by atoms with van der Waals surface area (Å²) >= 11 is 0. The molecule has 2 saturated heterocycles. The molecule has 340 valence electrons. The Morgan fingerprint density at radius 2 is 1.56 bits per heavy atom. The third-order valence-corrected chi connectivity index (χ3v) is 10.7. The van der Waals surface area contributed by atoms with Crippen molar-refractivity contribution in [3.05, 3.63) is 23.9 Å². The van der Waals surface area contributed by atoms with Crippen LogP contribution in [0.1, 0.15) is 107 Å². The fraction of sp³-hybridized carbons (Fsp3) is 0.667. The van der Waals surface area contributed by atoms with Gasteiger partial charge in [-0.2, -0.15) is 0 Å². The monoisotopic (exact) mass is 860 g/mol. The van der Waals surface area contributed by atoms with Crippen LogP contribution in [0.25, 0.3) is 0 Å². The minimum absolute atomic E-state index is 0.0451. The number of aliphatic hydroxyl groups excluding tert-OH is 1. The second kappa shape index (κ2) is 25.9. The molecule has 0 aliphatic carbocycles. The number of nitrogen functional groups attached to an aromatic ring is 1. The number of guanidine groups is 1. The second-order valence-electron chi connectivity index (χ2n) is 15.4. The zero-order valence-electron chi connectivity index (χ0n) is 35.0. The molecule has 0 spiro atoms. The Balaban J connectivity index is 1.60. The third-order valence-electron chi connectivity index (χ3n) is 10.7. The van der Waals surface area contributed by atoms with Gasteiger partial charge in [0.2, 0.25) is 29.5 Å². The van der Waals surface area contributed by atoms with Crippen molar-refractivity contribution in [3.63, 3.8) is 0 Å². The van der Waals surface area contributed by atoms with E-state index >= 15 is 0 Å². The maximum Gasteiger partial charge on any atom is 0.326 e. The molecule has 0 aromatic carbocycles. The van der Waals surface area contributed by atoms with Crippen LogP contribution in [0.4, 0.5) is 5.82 Å². The van der Waals surface area contributed by atoms with Crippen LogP contribution in [0, 0.1) is 5.41 Å². The molecule has 22 nitrogen and oxygen atoms in total. The van der Waals surface area contributed by atoms with Crippen LogP contribution in [-0.4, -0.2) is 141 Å². The van der Waals surface area contributed by atoms with Gasteiger partial charge in [0, 0.05) is 38.8 Å². The van der Waals surface area contributed by atoms with E-state index in [9.17, 15) is 43.8 Å². The van der Waals surface area contributed by atoms with E-state index in [0.29, 0.717) is 95.1 Å². The number of hydrogen-bond acceptors (Lipinski definition) is 13. The minimum atomic E-state index is -1.38. The van der Waals surface area contributed by atoms with E-state index in [-0.39, 0.29) is 50.8 Å². The maximum absolute atomic E-state index is 14.3. The average Bonchev–Trinajstić information content (AvgIpc) is 3.74. The van der Waals surface area contributed by atoms with Gasteiger partial charge in [0.1, 0.15) is 36.0 Å². The molecule has 0 bridgehead atoms. The number of likely N-dealkylation sites (tertiary alicyclic amines) is 2. The molecule has 0 unspecified atom stereocenters. The first-order chi connectivity index (χ1) is 29.2. The normalized spacial score (nSPS) is 18.2. The molecule has 2 aliphatic heterocycles. The van der Waals surface area contributed by atoms with Crippen LogP contribution in [0.5, 0.6) is 0 Å². The van der Waals surface area contributed by atoms with E-state index in [1.54, 1.807) is 12.1 Å². The Hall–Kier alpha value is -5.61. The van der Waals surface area contributed by atoms with Gasteiger partial charge < -0.3 is 63.5 Å². The van der Waals surface area contributed by atoms with Gasteiger partial charge in [-0.05, 0) is 103 Å². The van der Waals surface area contributed by atoms with Gasteiger partial charge in [-0.1, -0.05) is 6.42 Å². The maximum atomic E-state index is 14.3. The number of aromatic nitrogens is 1. The van der Waals surface area contributed by atoms with Crippen molar-refractivity contribution in [3.8, 4) is 0 Å². The highest BCUT2D eigenvalue weighted by Gasteiger charge is 2.43. The molecule has 6 atom stereocenters. The molecule has 3 heterocycles. The van der Waals surface area contributed by atoms with Crippen molar-refractivity contribution in [2.45, 2.75) is 133 Å². The van der Waals surface area contributed by atoms with Crippen LogP contribution in [0.15, 0.2) is 18.3 Å². The Kier molecular flexibility index (Phi) is 21.1. The predicted octanol–water partition coefficient (Wildman–Crippen LogP) is -1.66. The first-order valence-corrected chi connectivity index (χ1v) is 21.1. The largest absolute Gasteiger partial charge is 0.480 e. The molecule has 3 rings (SSSR count). The SMILES string of the molecule is C[C@@H](O)[C@H](NC(=O)CCCCCNC(=O)c1ccc(NN)nc1)C(=O)N[C@@H](CCCCN)C(=O)N1CCCC[C@H]1C(=O)N1CCC[C@H]1C(=O)N[C@@H](CCCNC(=N)N)C(=O)O. The number of amides is 6. The summed E-state index contributed by atoms with van der Waals surface area (Å²) in [6, 6.07) is -2.45. The fourth-order valence-corrected chi connectivity index (χ4v) is 7.37. The van der Waals surface area contributed by atoms with Gasteiger partial charge in [-0.3, -0.25) is 34.2 Å². The van der Waals surface area contributed by atoms with Crippen LogP contribution < -0.4 is 49.3 Å². The van der Waals surface area contributed by atoms with Crippen LogP contribution in [0.2, 0.25) is 0 Å². The molecule has 6 amide bonds. The molecule has 22 heteroatoms. The number of hydrogen-bond donors (Lipinski definition) is 12. The van der Waals surface area contributed by atoms with E-state index in [0.717, 1.165) is 0 Å². The molecule has 0 saturated carbocycles. The lowest BCUT2D eigenvalue weighted by Gasteiger charge is -2.40. The highest BCUT2D eigenvalue weighted by molar-refractivity contribution is 5.97. The van der Waals surface area contributed by atoms with Gasteiger partial charge in [0.15, 0.2) is 5.96 Å². The number of nitrogens with two attached hydrogens (primary N) is 3. The number of carboxylic acid groups (broad SMARTS) is 1. The lowest BCUT2D eigenvalue weighted by molar-refractivity contribution is -0.152. The highest BCUT2D eigenvalue weighted by Crippen LogP contribution is 2.26. The number of nitrogens with zero attached hydrogens (tertiary/aromatic N) is 3. The number of carbonyl (C=O) groups excluding carboxylic acids is 6. The van der Waals surface area contributed by atoms with Crippen molar-refractivity contribution in [1.82, 2.24) is 41.4 Å². The third kappa shape index (κ3) is 16.1. The van der Waals surface area contributed by atoms with Gasteiger partial charge in [0.25, 0.3) is 5.91 Å². The van der Waals surface area contributed by atoms with Crippen molar-refractivity contribution in [1.29, 1.82) is 5.41 Å². The predicted molar refractivity (Wildman–Crippen MR) is 224 cm³/mol. The quantitative estimate of drug-likeness (QED) is 0.0172. The average molecular weight is 860 g/mol. The zero-order valence-corrected chi connectivity index (χ0v) is 35.0. The Labute approximate surface area is 355 Å². The van der Waals surface area contributed by atoms with E-state index < -0.39 is 71.8 Å². The van der Waals surface area contributed by atoms with Gasteiger partial charge >= 0.3 is 5.97 Å². The lowest BCUT2D eigenvalue weighted by Crippen LogP contribution is -2.61. The zero-order chi connectivity index (χ0) is 44.9. The van der Waals surface area contributed by atoms with Crippen molar-refractivity contribution in [2.24, 2.45) is 17.3 Å². The molecule has 15 N–H and O–H groups in total. The molecule has 2 aliphatic rings. The Morgan fingerprint density at radius 3 is 2.21 bits per heavy atom. The summed E-state index contributed by atoms with van der Waals surface area (Å²) in [7, 11) is 0. The van der Waals surface area contributed by atoms with E-state index in [1.165, 1.54) is 22.9 Å². The first kappa shape index (κ1) is 49.8. The van der Waals surface area contributed by atoms with Crippen LogP contribution >= 0.6 is 0 Å². The highest BCUT2D eigenvalue weighted by atomic mass is 16.4. The fourth-order valence-electron chi connectivity index (χ4n) is 7.37. The summed E-state index contributed by atoms with van der Waals surface area (Å²) in [5, 5.41) is 40.8. The number of carboxylic acids is 1. The van der Waals surface area contributed by atoms with Crippen LogP contribution in [-0.2, 0) is 28.8 Å². The molecule has 0 radical (unpaired) electrons. The number of unbranched alkanes of at least 4 members (excludes halogenated alkanes) is 3.